The van der Waals surface area contributed by atoms with Gasteiger partial charge in [0, 0.05) is 36.6 Å². The van der Waals surface area contributed by atoms with Crippen LogP contribution >= 0.6 is 0 Å². The average molecular weight is 457 g/mol. The molecule has 0 spiro atoms. The number of aromatic nitrogens is 1. The molecule has 3 nitrogen and oxygen atoms in total. The number of rotatable bonds is 10. The summed E-state index contributed by atoms with van der Waals surface area (Å²) in [6.45, 7) is 5.56. The summed E-state index contributed by atoms with van der Waals surface area (Å²) in [7, 11) is 0. The number of fused-ring (bicyclic) bond motifs is 1. The number of aryl methyl sites for hydroxylation is 1. The third kappa shape index (κ3) is 6.13. The third-order valence-corrected chi connectivity index (χ3v) is 6.29. The Kier molecular flexibility index (Phi) is 7.79. The van der Waals surface area contributed by atoms with E-state index in [1.807, 2.05) is 24.3 Å². The second-order valence-corrected chi connectivity index (χ2v) is 9.48. The van der Waals surface area contributed by atoms with Crippen molar-refractivity contribution >= 4 is 16.8 Å². The highest BCUT2D eigenvalue weighted by atomic mass is 19.1. The van der Waals surface area contributed by atoms with Crippen molar-refractivity contribution in [3.63, 3.8) is 0 Å². The first-order chi connectivity index (χ1) is 16.5. The van der Waals surface area contributed by atoms with Crippen LogP contribution in [-0.2, 0) is 17.8 Å². The molecule has 4 rings (SSSR count). The quantitative estimate of drug-likeness (QED) is 0.283. The average Bonchev–Trinajstić information content (AvgIpc) is 3.21. The molecule has 4 aromatic rings. The number of hydrogen-bond donors (Lipinski definition) is 1. The molecular formula is C30H33FN2O. The number of nitrogens with zero attached hydrogens (tertiary/aromatic N) is 1. The van der Waals surface area contributed by atoms with Gasteiger partial charge in [-0.2, -0.15) is 0 Å². The fourth-order valence-electron chi connectivity index (χ4n) is 4.48. The molecule has 1 amide bonds. The van der Waals surface area contributed by atoms with Crippen LogP contribution in [0.25, 0.3) is 10.9 Å². The van der Waals surface area contributed by atoms with Crippen LogP contribution in [0.5, 0.6) is 0 Å². The van der Waals surface area contributed by atoms with Crippen molar-refractivity contribution in [2.24, 2.45) is 5.92 Å². The molecule has 0 aliphatic heterocycles. The normalized spacial score (nSPS) is 12.2. The molecule has 1 N–H and O–H groups in total. The predicted molar refractivity (Wildman–Crippen MR) is 137 cm³/mol. The van der Waals surface area contributed by atoms with Crippen LogP contribution in [0.15, 0.2) is 85.1 Å². The highest BCUT2D eigenvalue weighted by Gasteiger charge is 2.21. The topological polar surface area (TPSA) is 34.0 Å². The molecule has 0 saturated carbocycles. The molecule has 3 aromatic carbocycles. The first kappa shape index (κ1) is 23.7. The summed E-state index contributed by atoms with van der Waals surface area (Å²) in [5.74, 6) is 0.397. The molecule has 0 radical (unpaired) electrons. The lowest BCUT2D eigenvalue weighted by Gasteiger charge is -2.17. The molecule has 0 unspecified atom stereocenters. The van der Waals surface area contributed by atoms with Gasteiger partial charge in [-0.05, 0) is 59.6 Å². The van der Waals surface area contributed by atoms with Gasteiger partial charge in [0.05, 0.1) is 0 Å². The molecule has 0 aliphatic carbocycles. The Morgan fingerprint density at radius 1 is 0.912 bits per heavy atom. The zero-order chi connectivity index (χ0) is 23.9. The van der Waals surface area contributed by atoms with E-state index in [0.717, 1.165) is 23.9 Å². The van der Waals surface area contributed by atoms with Crippen LogP contribution in [-0.4, -0.2) is 17.0 Å². The van der Waals surface area contributed by atoms with Gasteiger partial charge in [0.2, 0.25) is 5.91 Å². The van der Waals surface area contributed by atoms with Gasteiger partial charge in [0.25, 0.3) is 0 Å². The lowest BCUT2D eigenvalue weighted by Crippen LogP contribution is -2.28. The van der Waals surface area contributed by atoms with Crippen LogP contribution in [0, 0.1) is 11.7 Å². The highest BCUT2D eigenvalue weighted by molar-refractivity contribution is 5.86. The number of carbonyl (C=O) groups excluding carboxylic acids is 1. The fraction of sp³-hybridized carbons (Fsp3) is 0.300. The van der Waals surface area contributed by atoms with E-state index in [1.165, 1.54) is 28.6 Å². The Labute approximate surface area is 201 Å². The Morgan fingerprint density at radius 3 is 2.35 bits per heavy atom. The summed E-state index contributed by atoms with van der Waals surface area (Å²) >= 11 is 0. The minimum Gasteiger partial charge on any atom is -0.356 e. The van der Waals surface area contributed by atoms with Crippen molar-refractivity contribution in [2.45, 2.75) is 45.6 Å². The van der Waals surface area contributed by atoms with Crippen LogP contribution < -0.4 is 5.32 Å². The number of halogens is 1. The second-order valence-electron chi connectivity index (χ2n) is 9.48. The van der Waals surface area contributed by atoms with E-state index < -0.39 is 0 Å². The van der Waals surface area contributed by atoms with E-state index in [2.05, 4.69) is 72.4 Å². The molecule has 34 heavy (non-hydrogen) atoms. The number of amides is 1. The first-order valence-electron chi connectivity index (χ1n) is 12.1. The smallest absolute Gasteiger partial charge is 0.220 e. The summed E-state index contributed by atoms with van der Waals surface area (Å²) in [6.07, 6.45) is 4.47. The maximum absolute atomic E-state index is 13.4. The lowest BCUT2D eigenvalue weighted by atomic mass is 9.89. The van der Waals surface area contributed by atoms with Crippen LogP contribution in [0.4, 0.5) is 4.39 Å². The SMILES string of the molecule is CC(C)CNC(=O)C[C@H](CCc1ccccc1)c1cn(Cc2ccc(F)cc2)c2ccccc12. The van der Waals surface area contributed by atoms with E-state index in [4.69, 9.17) is 0 Å². The van der Waals surface area contributed by atoms with Crippen LogP contribution in [0.3, 0.4) is 0 Å². The van der Waals surface area contributed by atoms with Gasteiger partial charge in [0.15, 0.2) is 0 Å². The standard InChI is InChI=1S/C30H33FN2O/c1-22(2)19-32-30(34)18-25(15-12-23-8-4-3-5-9-23)28-21-33(29-11-7-6-10-27(28)29)20-24-13-16-26(31)17-14-24/h3-11,13-14,16-17,21-22,25H,12,15,18-20H2,1-2H3,(H,32,34)/t25-/m0/s1. The number of carbonyl (C=O) groups is 1. The number of nitrogens with one attached hydrogen (secondary N) is 1. The van der Waals surface area contributed by atoms with E-state index in [0.29, 0.717) is 25.4 Å². The van der Waals surface area contributed by atoms with E-state index >= 15 is 0 Å². The number of benzene rings is 3. The molecule has 1 heterocycles. The minimum absolute atomic E-state index is 0.0992. The molecule has 1 aromatic heterocycles. The van der Waals surface area contributed by atoms with E-state index in [1.54, 1.807) is 0 Å². The van der Waals surface area contributed by atoms with Gasteiger partial charge < -0.3 is 9.88 Å². The Bertz CT molecular complexity index is 1210. The highest BCUT2D eigenvalue weighted by Crippen LogP contribution is 2.33. The summed E-state index contributed by atoms with van der Waals surface area (Å²) in [5.41, 5.74) is 4.66. The maximum atomic E-state index is 13.4. The van der Waals surface area contributed by atoms with Crippen LogP contribution in [0.2, 0.25) is 0 Å². The van der Waals surface area contributed by atoms with Gasteiger partial charge in [-0.3, -0.25) is 4.79 Å². The zero-order valence-electron chi connectivity index (χ0n) is 20.0. The monoisotopic (exact) mass is 456 g/mol. The van der Waals surface area contributed by atoms with Crippen molar-refractivity contribution < 1.29 is 9.18 Å². The van der Waals surface area contributed by atoms with E-state index in [-0.39, 0.29) is 17.6 Å². The Hall–Kier alpha value is -3.40. The number of para-hydroxylation sites is 1. The first-order valence-corrected chi connectivity index (χ1v) is 12.1. The van der Waals surface area contributed by atoms with Gasteiger partial charge >= 0.3 is 0 Å². The Balaban J connectivity index is 1.64. The van der Waals surface area contributed by atoms with Crippen molar-refractivity contribution in [3.8, 4) is 0 Å². The second kappa shape index (κ2) is 11.1. The van der Waals surface area contributed by atoms with Crippen molar-refractivity contribution in [1.82, 2.24) is 9.88 Å². The van der Waals surface area contributed by atoms with Gasteiger partial charge in [0.1, 0.15) is 5.82 Å². The van der Waals surface area contributed by atoms with Crippen molar-refractivity contribution in [3.05, 3.63) is 108 Å². The molecular weight excluding hydrogens is 423 g/mol. The molecule has 0 saturated heterocycles. The molecule has 1 atom stereocenters. The largest absolute Gasteiger partial charge is 0.356 e. The fourth-order valence-corrected chi connectivity index (χ4v) is 4.48. The maximum Gasteiger partial charge on any atom is 0.220 e. The van der Waals surface area contributed by atoms with Gasteiger partial charge in [-0.15, -0.1) is 0 Å². The van der Waals surface area contributed by atoms with E-state index in [9.17, 15) is 9.18 Å². The van der Waals surface area contributed by atoms with Crippen molar-refractivity contribution in [2.75, 3.05) is 6.54 Å². The van der Waals surface area contributed by atoms with Gasteiger partial charge in [-0.1, -0.05) is 74.5 Å². The Morgan fingerprint density at radius 2 is 1.62 bits per heavy atom. The number of hydrogen-bond acceptors (Lipinski definition) is 1. The summed E-state index contributed by atoms with van der Waals surface area (Å²) in [4.78, 5) is 12.9. The molecule has 0 aliphatic rings. The van der Waals surface area contributed by atoms with Crippen LogP contribution in [0.1, 0.15) is 49.3 Å². The van der Waals surface area contributed by atoms with Gasteiger partial charge in [-0.25, -0.2) is 4.39 Å². The third-order valence-electron chi connectivity index (χ3n) is 6.29. The lowest BCUT2D eigenvalue weighted by molar-refractivity contribution is -0.121. The summed E-state index contributed by atoms with van der Waals surface area (Å²) in [5, 5.41) is 4.28. The molecule has 176 valence electrons. The zero-order valence-corrected chi connectivity index (χ0v) is 20.0. The molecule has 0 bridgehead atoms. The molecule has 4 heteroatoms. The summed E-state index contributed by atoms with van der Waals surface area (Å²) < 4.78 is 15.6. The molecule has 0 fully saturated rings. The van der Waals surface area contributed by atoms with Crippen molar-refractivity contribution in [1.29, 1.82) is 0 Å². The summed E-state index contributed by atoms with van der Waals surface area (Å²) in [6, 6.07) is 25.5. The predicted octanol–water partition coefficient (Wildman–Crippen LogP) is 6.71. The minimum atomic E-state index is -0.227.